The van der Waals surface area contributed by atoms with Gasteiger partial charge in [0.25, 0.3) is 0 Å². The molecule has 180 valence electrons. The average molecular weight is 483 g/mol. The van der Waals surface area contributed by atoms with Gasteiger partial charge in [-0.1, -0.05) is 103 Å². The van der Waals surface area contributed by atoms with Gasteiger partial charge in [0.1, 0.15) is 23.2 Å². The molecule has 1 aromatic heterocycles. The standard InChI is InChI=1S/C32H26N4O/c33-31(21-11-3-1-4-12-21)34-32(22-13-5-2-6-14-22)35-36-27-17-9-7-15-23(27)25-20-30-26(19-28(25)36)24-16-8-10-18-29(24)37-30/h1-20,23,27,32,35H,(H2,33,34). The van der Waals surface area contributed by atoms with Crippen LogP contribution in [-0.4, -0.2) is 11.9 Å². The zero-order valence-electron chi connectivity index (χ0n) is 20.2. The van der Waals surface area contributed by atoms with Crippen LogP contribution < -0.4 is 16.2 Å². The number of para-hydroxylation sites is 1. The minimum absolute atomic E-state index is 0.108. The van der Waals surface area contributed by atoms with Crippen molar-refractivity contribution in [2.24, 2.45) is 10.7 Å². The van der Waals surface area contributed by atoms with E-state index in [2.05, 4.69) is 71.1 Å². The molecule has 2 aliphatic rings. The summed E-state index contributed by atoms with van der Waals surface area (Å²) in [6.45, 7) is 0. The smallest absolute Gasteiger partial charge is 0.144 e. The topological polar surface area (TPSA) is 66.8 Å². The lowest BCUT2D eigenvalue weighted by Gasteiger charge is -2.32. The molecule has 0 saturated heterocycles. The van der Waals surface area contributed by atoms with Gasteiger partial charge in [0.05, 0.1) is 11.7 Å². The number of nitrogens with one attached hydrogen (secondary N) is 1. The minimum Gasteiger partial charge on any atom is -0.456 e. The molecule has 0 saturated carbocycles. The molecule has 4 aromatic carbocycles. The van der Waals surface area contributed by atoms with Crippen molar-refractivity contribution in [2.45, 2.75) is 18.1 Å². The number of furan rings is 1. The van der Waals surface area contributed by atoms with Gasteiger partial charge in [-0.25, -0.2) is 10.4 Å². The second-order valence-electron chi connectivity index (χ2n) is 9.48. The molecule has 3 N–H and O–H groups in total. The molecule has 0 radical (unpaired) electrons. The molecule has 1 aliphatic carbocycles. The summed E-state index contributed by atoms with van der Waals surface area (Å²) >= 11 is 0. The number of fused-ring (bicyclic) bond motifs is 6. The Morgan fingerprint density at radius 1 is 0.811 bits per heavy atom. The highest BCUT2D eigenvalue weighted by Crippen LogP contribution is 2.46. The van der Waals surface area contributed by atoms with Gasteiger partial charge in [0, 0.05) is 22.3 Å². The lowest BCUT2D eigenvalue weighted by molar-refractivity contribution is 0.490. The Morgan fingerprint density at radius 2 is 1.54 bits per heavy atom. The highest BCUT2D eigenvalue weighted by molar-refractivity contribution is 6.07. The third-order valence-electron chi connectivity index (χ3n) is 7.26. The number of nitrogens with two attached hydrogens (primary N) is 1. The summed E-state index contributed by atoms with van der Waals surface area (Å²) in [4.78, 5) is 4.97. The average Bonchev–Trinajstić information content (AvgIpc) is 3.47. The predicted octanol–water partition coefficient (Wildman–Crippen LogP) is 6.59. The van der Waals surface area contributed by atoms with E-state index in [1.807, 2.05) is 60.7 Å². The Balaban J connectivity index is 1.35. The Labute approximate surface area is 215 Å². The normalized spacial score (nSPS) is 19.4. The fourth-order valence-corrected chi connectivity index (χ4v) is 5.46. The molecule has 2 heterocycles. The molecule has 3 atom stereocenters. The fraction of sp³-hybridized carbons (Fsp3) is 0.0938. The van der Waals surface area contributed by atoms with E-state index in [-0.39, 0.29) is 18.1 Å². The first-order valence-electron chi connectivity index (χ1n) is 12.6. The number of aliphatic imine (C=N–C) groups is 1. The number of hydrazine groups is 1. The van der Waals surface area contributed by atoms with Gasteiger partial charge >= 0.3 is 0 Å². The van der Waals surface area contributed by atoms with Crippen LogP contribution in [-0.2, 0) is 0 Å². The molecule has 0 bridgehead atoms. The Kier molecular flexibility index (Phi) is 5.15. The zero-order valence-corrected chi connectivity index (χ0v) is 20.2. The summed E-state index contributed by atoms with van der Waals surface area (Å²) in [7, 11) is 0. The minimum atomic E-state index is -0.371. The molecule has 1 aliphatic heterocycles. The molecule has 0 amide bonds. The number of anilines is 1. The van der Waals surface area contributed by atoms with E-state index in [1.165, 1.54) is 5.56 Å². The summed E-state index contributed by atoms with van der Waals surface area (Å²) in [5, 5.41) is 4.48. The molecule has 0 fully saturated rings. The van der Waals surface area contributed by atoms with Crippen LogP contribution in [0.1, 0.15) is 28.8 Å². The van der Waals surface area contributed by atoms with E-state index in [0.29, 0.717) is 5.84 Å². The number of hydrogen-bond donors (Lipinski definition) is 2. The van der Waals surface area contributed by atoms with Crippen LogP contribution in [0.25, 0.3) is 21.9 Å². The molecule has 37 heavy (non-hydrogen) atoms. The number of amidine groups is 1. The van der Waals surface area contributed by atoms with Crippen LogP contribution in [0.2, 0.25) is 0 Å². The maximum Gasteiger partial charge on any atom is 0.144 e. The first kappa shape index (κ1) is 21.7. The van der Waals surface area contributed by atoms with Crippen LogP contribution in [0.15, 0.2) is 131 Å². The van der Waals surface area contributed by atoms with E-state index in [0.717, 1.165) is 38.8 Å². The number of allylic oxidation sites excluding steroid dienone is 2. The van der Waals surface area contributed by atoms with Crippen LogP contribution in [0.5, 0.6) is 0 Å². The van der Waals surface area contributed by atoms with Gasteiger partial charge in [-0.3, -0.25) is 5.01 Å². The molecule has 5 nitrogen and oxygen atoms in total. The fourth-order valence-electron chi connectivity index (χ4n) is 5.46. The summed E-state index contributed by atoms with van der Waals surface area (Å²) in [6, 6.07) is 32.9. The number of hydrogen-bond acceptors (Lipinski definition) is 4. The van der Waals surface area contributed by atoms with Gasteiger partial charge < -0.3 is 10.2 Å². The molecule has 5 aromatic rings. The maximum atomic E-state index is 6.51. The van der Waals surface area contributed by atoms with Crippen molar-refractivity contribution < 1.29 is 4.42 Å². The lowest BCUT2D eigenvalue weighted by atomic mass is 9.91. The number of nitrogens with zero attached hydrogens (tertiary/aromatic N) is 2. The quantitative estimate of drug-likeness (QED) is 0.219. The SMILES string of the molecule is N/C(=N\C(NN1c2cc3c(cc2C2C=CC=CC21)oc1ccccc13)c1ccccc1)c1ccccc1. The molecular weight excluding hydrogens is 456 g/mol. The third kappa shape index (κ3) is 3.72. The molecular formula is C32H26N4O. The third-order valence-corrected chi connectivity index (χ3v) is 7.26. The van der Waals surface area contributed by atoms with Crippen LogP contribution in [0.4, 0.5) is 5.69 Å². The summed E-state index contributed by atoms with van der Waals surface area (Å²) in [6.07, 6.45) is 8.37. The summed E-state index contributed by atoms with van der Waals surface area (Å²) in [5.41, 5.74) is 16.4. The van der Waals surface area contributed by atoms with E-state index in [9.17, 15) is 0 Å². The highest BCUT2D eigenvalue weighted by atomic mass is 16.3. The lowest BCUT2D eigenvalue weighted by Crippen LogP contribution is -2.45. The predicted molar refractivity (Wildman–Crippen MR) is 150 cm³/mol. The van der Waals surface area contributed by atoms with Crippen molar-refractivity contribution in [1.82, 2.24) is 5.43 Å². The van der Waals surface area contributed by atoms with E-state index < -0.39 is 0 Å². The van der Waals surface area contributed by atoms with Crippen molar-refractivity contribution in [2.75, 3.05) is 5.01 Å². The van der Waals surface area contributed by atoms with Crippen LogP contribution >= 0.6 is 0 Å². The molecule has 7 rings (SSSR count). The second kappa shape index (κ2) is 8.80. The number of rotatable bonds is 5. The first-order chi connectivity index (χ1) is 18.3. The maximum absolute atomic E-state index is 6.51. The van der Waals surface area contributed by atoms with E-state index in [4.69, 9.17) is 15.1 Å². The number of benzene rings is 4. The first-order valence-corrected chi connectivity index (χ1v) is 12.6. The van der Waals surface area contributed by atoms with E-state index >= 15 is 0 Å². The van der Waals surface area contributed by atoms with Crippen molar-refractivity contribution in [1.29, 1.82) is 0 Å². The Hall–Kier alpha value is -4.61. The Bertz CT molecular complexity index is 1680. The monoisotopic (exact) mass is 482 g/mol. The van der Waals surface area contributed by atoms with Crippen LogP contribution in [0.3, 0.4) is 0 Å². The molecule has 0 spiro atoms. The van der Waals surface area contributed by atoms with Crippen molar-refractivity contribution >= 4 is 33.5 Å². The molecule has 5 heteroatoms. The summed E-state index contributed by atoms with van der Waals surface area (Å²) in [5.74, 6) is 0.699. The van der Waals surface area contributed by atoms with Crippen LogP contribution in [0, 0.1) is 0 Å². The van der Waals surface area contributed by atoms with Gasteiger partial charge in [-0.15, -0.1) is 0 Å². The zero-order chi connectivity index (χ0) is 24.8. The van der Waals surface area contributed by atoms with E-state index in [1.54, 1.807) is 0 Å². The summed E-state index contributed by atoms with van der Waals surface area (Å²) < 4.78 is 6.23. The second-order valence-corrected chi connectivity index (χ2v) is 9.48. The van der Waals surface area contributed by atoms with Gasteiger partial charge in [-0.2, -0.15) is 0 Å². The highest BCUT2D eigenvalue weighted by Gasteiger charge is 2.38. The largest absolute Gasteiger partial charge is 0.456 e. The van der Waals surface area contributed by atoms with Gasteiger partial charge in [-0.05, 0) is 29.3 Å². The Morgan fingerprint density at radius 3 is 2.38 bits per heavy atom. The van der Waals surface area contributed by atoms with Gasteiger partial charge in [0.15, 0.2) is 0 Å². The molecule has 3 unspecified atom stereocenters. The van der Waals surface area contributed by atoms with Crippen molar-refractivity contribution in [3.63, 3.8) is 0 Å². The van der Waals surface area contributed by atoms with Gasteiger partial charge in [0.2, 0.25) is 0 Å². The van der Waals surface area contributed by atoms with Crippen molar-refractivity contribution in [3.8, 4) is 0 Å². The van der Waals surface area contributed by atoms with Crippen molar-refractivity contribution in [3.05, 3.63) is 138 Å².